The van der Waals surface area contributed by atoms with Crippen LogP contribution in [0.1, 0.15) is 32.5 Å². The molecule has 0 amide bonds. The van der Waals surface area contributed by atoms with E-state index in [4.69, 9.17) is 4.74 Å². The highest BCUT2D eigenvalue weighted by Crippen LogP contribution is 2.20. The van der Waals surface area contributed by atoms with Crippen LogP contribution in [0.5, 0.6) is 0 Å². The number of ether oxygens (including phenoxy) is 2. The van der Waals surface area contributed by atoms with Gasteiger partial charge in [-0.2, -0.15) is 0 Å². The lowest BCUT2D eigenvalue weighted by molar-refractivity contribution is -0.140. The molecule has 21 heavy (non-hydrogen) atoms. The first-order chi connectivity index (χ1) is 10.2. The summed E-state index contributed by atoms with van der Waals surface area (Å²) in [6, 6.07) is 1.90. The number of anilines is 1. The fourth-order valence-electron chi connectivity index (χ4n) is 1.49. The van der Waals surface area contributed by atoms with Gasteiger partial charge in [-0.3, -0.25) is 4.79 Å². The van der Waals surface area contributed by atoms with E-state index < -0.39 is 0 Å². The maximum Gasteiger partial charge on any atom is 0.306 e. The van der Waals surface area contributed by atoms with Crippen LogP contribution in [0.2, 0.25) is 0 Å². The second-order valence-corrected chi connectivity index (χ2v) is 5.36. The highest BCUT2D eigenvalue weighted by molar-refractivity contribution is 7.99. The first-order valence-corrected chi connectivity index (χ1v) is 8.07. The smallest absolute Gasteiger partial charge is 0.306 e. The van der Waals surface area contributed by atoms with Gasteiger partial charge in [0, 0.05) is 25.0 Å². The van der Waals surface area contributed by atoms with Crippen LogP contribution in [0.15, 0.2) is 11.1 Å². The Morgan fingerprint density at radius 1 is 1.38 bits per heavy atom. The van der Waals surface area contributed by atoms with E-state index in [1.54, 1.807) is 0 Å². The Hall–Kier alpha value is -1.34. The molecular formula is C14H23N3O3S. The summed E-state index contributed by atoms with van der Waals surface area (Å²) in [7, 11) is 1.39. The molecule has 0 unspecified atom stereocenters. The number of nitrogens with one attached hydrogen (secondary N) is 1. The van der Waals surface area contributed by atoms with Gasteiger partial charge in [-0.15, -0.1) is 11.8 Å². The van der Waals surface area contributed by atoms with Gasteiger partial charge in [-0.05, 0) is 13.3 Å². The van der Waals surface area contributed by atoms with E-state index in [1.165, 1.54) is 18.9 Å². The van der Waals surface area contributed by atoms with Crippen molar-refractivity contribution in [3.63, 3.8) is 0 Å². The van der Waals surface area contributed by atoms with Gasteiger partial charge in [0.05, 0.1) is 13.5 Å². The van der Waals surface area contributed by atoms with E-state index in [-0.39, 0.29) is 5.97 Å². The van der Waals surface area contributed by atoms with Crippen LogP contribution in [-0.2, 0) is 20.9 Å². The summed E-state index contributed by atoms with van der Waals surface area (Å²) < 4.78 is 9.98. The summed E-state index contributed by atoms with van der Waals surface area (Å²) >= 11 is 1.51. The largest absolute Gasteiger partial charge is 0.469 e. The maximum atomic E-state index is 11.1. The lowest BCUT2D eigenvalue weighted by atomic mass is 10.4. The predicted octanol–water partition coefficient (Wildman–Crippen LogP) is 2.49. The number of esters is 1. The Bertz CT molecular complexity index is 417. The quantitative estimate of drug-likeness (QED) is 0.404. The number of hydrogen-bond donors (Lipinski definition) is 1. The Labute approximate surface area is 130 Å². The van der Waals surface area contributed by atoms with Crippen molar-refractivity contribution in [3.05, 3.63) is 11.9 Å². The highest BCUT2D eigenvalue weighted by Gasteiger charge is 2.07. The third kappa shape index (κ3) is 7.29. The van der Waals surface area contributed by atoms with Crippen molar-refractivity contribution in [3.8, 4) is 0 Å². The Morgan fingerprint density at radius 3 is 2.86 bits per heavy atom. The molecule has 0 spiro atoms. The number of nitrogens with zero attached hydrogens (tertiary/aromatic N) is 2. The standard InChI is InChI=1S/C14H23N3O3S/c1-4-7-15-11-9-13(21-8-6-14(18)19-3)17-12(16-11)10-20-5-2/h9H,4-8,10H2,1-3H3,(H,15,16,17). The van der Waals surface area contributed by atoms with Gasteiger partial charge in [-0.1, -0.05) is 6.92 Å². The molecule has 0 atom stereocenters. The van der Waals surface area contributed by atoms with Gasteiger partial charge in [0.15, 0.2) is 5.82 Å². The van der Waals surface area contributed by atoms with E-state index >= 15 is 0 Å². The molecular weight excluding hydrogens is 290 g/mol. The van der Waals surface area contributed by atoms with Gasteiger partial charge < -0.3 is 14.8 Å². The average molecular weight is 313 g/mol. The van der Waals surface area contributed by atoms with Crippen LogP contribution >= 0.6 is 11.8 Å². The molecule has 1 heterocycles. The van der Waals surface area contributed by atoms with E-state index in [0.717, 1.165) is 23.8 Å². The van der Waals surface area contributed by atoms with Gasteiger partial charge in [-0.25, -0.2) is 9.97 Å². The molecule has 0 saturated heterocycles. The number of aromatic nitrogens is 2. The molecule has 1 aromatic rings. The van der Waals surface area contributed by atoms with E-state index in [2.05, 4.69) is 26.9 Å². The topological polar surface area (TPSA) is 73.3 Å². The Kier molecular flexibility index (Phi) is 8.77. The number of carbonyl (C=O) groups is 1. The molecule has 1 rings (SSSR count). The molecule has 1 aromatic heterocycles. The second kappa shape index (κ2) is 10.4. The third-order valence-corrected chi connectivity index (χ3v) is 3.44. The van der Waals surface area contributed by atoms with Crippen LogP contribution in [0, 0.1) is 0 Å². The number of methoxy groups -OCH3 is 1. The zero-order valence-electron chi connectivity index (χ0n) is 12.8. The Morgan fingerprint density at radius 2 is 2.19 bits per heavy atom. The van der Waals surface area contributed by atoms with Crippen molar-refractivity contribution in [1.82, 2.24) is 9.97 Å². The number of rotatable bonds is 10. The van der Waals surface area contributed by atoms with Crippen LogP contribution in [0.4, 0.5) is 5.82 Å². The monoisotopic (exact) mass is 313 g/mol. The number of carbonyl (C=O) groups excluding carboxylic acids is 1. The molecule has 0 fully saturated rings. The van der Waals surface area contributed by atoms with Crippen molar-refractivity contribution in [2.75, 3.05) is 31.3 Å². The minimum Gasteiger partial charge on any atom is -0.469 e. The highest BCUT2D eigenvalue weighted by atomic mass is 32.2. The van der Waals surface area contributed by atoms with Crippen molar-refractivity contribution in [2.24, 2.45) is 0 Å². The summed E-state index contributed by atoms with van der Waals surface area (Å²) in [5.41, 5.74) is 0. The number of hydrogen-bond acceptors (Lipinski definition) is 7. The second-order valence-electron chi connectivity index (χ2n) is 4.25. The summed E-state index contributed by atoms with van der Waals surface area (Å²) in [4.78, 5) is 20.0. The zero-order valence-corrected chi connectivity index (χ0v) is 13.7. The van der Waals surface area contributed by atoms with Crippen LogP contribution < -0.4 is 5.32 Å². The SMILES string of the molecule is CCCNc1cc(SCCC(=O)OC)nc(COCC)n1. The van der Waals surface area contributed by atoms with Crippen LogP contribution in [0.3, 0.4) is 0 Å². The minimum absolute atomic E-state index is 0.213. The van der Waals surface area contributed by atoms with Gasteiger partial charge in [0.25, 0.3) is 0 Å². The molecule has 7 heteroatoms. The third-order valence-electron chi connectivity index (χ3n) is 2.52. The van der Waals surface area contributed by atoms with Gasteiger partial charge in [0.1, 0.15) is 17.5 Å². The zero-order chi connectivity index (χ0) is 15.5. The van der Waals surface area contributed by atoms with Crippen LogP contribution in [-0.4, -0.2) is 42.0 Å². The summed E-state index contributed by atoms with van der Waals surface area (Å²) in [5, 5.41) is 4.09. The summed E-state index contributed by atoms with van der Waals surface area (Å²) in [6.45, 7) is 5.91. The van der Waals surface area contributed by atoms with Crippen molar-refractivity contribution >= 4 is 23.5 Å². The molecule has 0 aromatic carbocycles. The van der Waals surface area contributed by atoms with Crippen molar-refractivity contribution in [1.29, 1.82) is 0 Å². The normalized spacial score (nSPS) is 10.4. The molecule has 1 N–H and O–H groups in total. The molecule has 0 saturated carbocycles. The lowest BCUT2D eigenvalue weighted by Crippen LogP contribution is -2.07. The number of thioether (sulfide) groups is 1. The van der Waals surface area contributed by atoms with Crippen LogP contribution in [0.25, 0.3) is 0 Å². The molecule has 118 valence electrons. The minimum atomic E-state index is -0.213. The molecule has 0 aliphatic heterocycles. The molecule has 0 aliphatic rings. The summed E-state index contributed by atoms with van der Waals surface area (Å²) in [6.07, 6.45) is 1.39. The molecule has 0 radical (unpaired) electrons. The van der Waals surface area contributed by atoms with E-state index in [9.17, 15) is 4.79 Å². The lowest BCUT2D eigenvalue weighted by Gasteiger charge is -2.09. The Balaban J connectivity index is 2.68. The predicted molar refractivity (Wildman–Crippen MR) is 83.5 cm³/mol. The maximum absolute atomic E-state index is 11.1. The van der Waals surface area contributed by atoms with Gasteiger partial charge >= 0.3 is 5.97 Å². The van der Waals surface area contributed by atoms with Crippen molar-refractivity contribution in [2.45, 2.75) is 38.3 Å². The first kappa shape index (κ1) is 17.7. The molecule has 0 aliphatic carbocycles. The van der Waals surface area contributed by atoms with E-state index in [0.29, 0.717) is 31.2 Å². The molecule has 6 nitrogen and oxygen atoms in total. The first-order valence-electron chi connectivity index (χ1n) is 7.08. The average Bonchev–Trinajstić information content (AvgIpc) is 2.50. The summed E-state index contributed by atoms with van der Waals surface area (Å²) in [5.74, 6) is 1.86. The molecule has 0 bridgehead atoms. The fourth-order valence-corrected chi connectivity index (χ4v) is 2.33. The van der Waals surface area contributed by atoms with Crippen molar-refractivity contribution < 1.29 is 14.3 Å². The van der Waals surface area contributed by atoms with E-state index in [1.807, 2.05) is 13.0 Å². The van der Waals surface area contributed by atoms with Gasteiger partial charge in [0.2, 0.25) is 0 Å². The fraction of sp³-hybridized carbons (Fsp3) is 0.643.